The van der Waals surface area contributed by atoms with Gasteiger partial charge in [-0.3, -0.25) is 4.79 Å². The zero-order valence-electron chi connectivity index (χ0n) is 15.9. The molecule has 140 valence electrons. The molecule has 2 aromatic carbocycles. The Bertz CT molecular complexity index is 891. The van der Waals surface area contributed by atoms with Crippen molar-refractivity contribution in [3.63, 3.8) is 0 Å². The summed E-state index contributed by atoms with van der Waals surface area (Å²) in [6.07, 6.45) is 9.68. The van der Waals surface area contributed by atoms with E-state index in [1.807, 2.05) is 6.07 Å². The van der Waals surface area contributed by atoms with Crippen molar-refractivity contribution >= 4 is 16.8 Å². The second-order valence-electron chi connectivity index (χ2n) is 7.69. The summed E-state index contributed by atoms with van der Waals surface area (Å²) in [5.74, 6) is 0.196. The van der Waals surface area contributed by atoms with Crippen molar-refractivity contribution < 1.29 is 4.79 Å². The summed E-state index contributed by atoms with van der Waals surface area (Å²) < 4.78 is 2.30. The molecule has 0 bridgehead atoms. The summed E-state index contributed by atoms with van der Waals surface area (Å²) in [6, 6.07) is 19.4. The van der Waals surface area contributed by atoms with Crippen molar-refractivity contribution in [3.05, 3.63) is 71.9 Å². The van der Waals surface area contributed by atoms with Gasteiger partial charge in [0.25, 0.3) is 0 Å². The first-order chi connectivity index (χ1) is 13.3. The topological polar surface area (TPSA) is 34.0 Å². The number of hydrogen-bond acceptors (Lipinski definition) is 1. The Morgan fingerprint density at radius 1 is 0.963 bits per heavy atom. The average Bonchev–Trinajstić information content (AvgIpc) is 3.06. The van der Waals surface area contributed by atoms with Gasteiger partial charge in [0.05, 0.1) is 0 Å². The van der Waals surface area contributed by atoms with E-state index in [1.165, 1.54) is 41.3 Å². The van der Waals surface area contributed by atoms with Gasteiger partial charge in [0, 0.05) is 36.1 Å². The molecule has 0 saturated heterocycles. The molecule has 0 aliphatic heterocycles. The number of fused-ring (bicyclic) bond motifs is 1. The van der Waals surface area contributed by atoms with Crippen LogP contribution in [0, 0.1) is 0 Å². The molecule has 1 N–H and O–H groups in total. The van der Waals surface area contributed by atoms with Gasteiger partial charge in [-0.05, 0) is 36.5 Å². The Morgan fingerprint density at radius 3 is 2.52 bits per heavy atom. The smallest absolute Gasteiger partial charge is 0.220 e. The Hall–Kier alpha value is -2.55. The van der Waals surface area contributed by atoms with Crippen molar-refractivity contribution in [1.82, 2.24) is 9.88 Å². The average molecular weight is 361 g/mol. The van der Waals surface area contributed by atoms with Gasteiger partial charge in [-0.25, -0.2) is 0 Å². The largest absolute Gasteiger partial charge is 0.353 e. The molecule has 4 rings (SSSR count). The summed E-state index contributed by atoms with van der Waals surface area (Å²) in [5.41, 5.74) is 3.80. The number of amides is 1. The molecule has 3 heteroatoms. The second-order valence-corrected chi connectivity index (χ2v) is 7.69. The zero-order chi connectivity index (χ0) is 18.5. The Morgan fingerprint density at radius 2 is 1.70 bits per heavy atom. The lowest BCUT2D eigenvalue weighted by atomic mass is 9.95. The molecule has 0 unspecified atom stereocenters. The first kappa shape index (κ1) is 17.8. The highest BCUT2D eigenvalue weighted by atomic mass is 16.1. The predicted molar refractivity (Wildman–Crippen MR) is 111 cm³/mol. The van der Waals surface area contributed by atoms with E-state index < -0.39 is 0 Å². The van der Waals surface area contributed by atoms with Crippen LogP contribution in [0.5, 0.6) is 0 Å². The number of nitrogens with one attached hydrogen (secondary N) is 1. The minimum absolute atomic E-state index is 0.196. The number of carbonyl (C=O) groups excluding carboxylic acids is 1. The van der Waals surface area contributed by atoms with Crippen LogP contribution in [0.3, 0.4) is 0 Å². The fraction of sp³-hybridized carbons (Fsp3) is 0.375. The van der Waals surface area contributed by atoms with Crippen LogP contribution < -0.4 is 5.32 Å². The van der Waals surface area contributed by atoms with Crippen LogP contribution in [0.15, 0.2) is 60.8 Å². The van der Waals surface area contributed by atoms with E-state index in [-0.39, 0.29) is 5.91 Å². The lowest BCUT2D eigenvalue weighted by molar-refractivity contribution is -0.121. The maximum absolute atomic E-state index is 12.4. The molecule has 0 spiro atoms. The number of benzene rings is 2. The number of aromatic nitrogens is 1. The molecule has 0 radical (unpaired) electrons. The van der Waals surface area contributed by atoms with Crippen LogP contribution in [0.1, 0.15) is 49.7 Å². The molecule has 1 heterocycles. The normalized spacial score (nSPS) is 15.1. The molecule has 1 aromatic heterocycles. The van der Waals surface area contributed by atoms with Crippen molar-refractivity contribution in [2.24, 2.45) is 0 Å². The van der Waals surface area contributed by atoms with E-state index in [0.29, 0.717) is 12.5 Å². The van der Waals surface area contributed by atoms with E-state index in [9.17, 15) is 4.79 Å². The summed E-state index contributed by atoms with van der Waals surface area (Å²) in [5, 5.41) is 4.50. The van der Waals surface area contributed by atoms with E-state index in [4.69, 9.17) is 0 Å². The van der Waals surface area contributed by atoms with E-state index in [2.05, 4.69) is 64.6 Å². The highest BCUT2D eigenvalue weighted by Crippen LogP contribution is 2.24. The van der Waals surface area contributed by atoms with E-state index in [1.54, 1.807) is 0 Å². The van der Waals surface area contributed by atoms with Crippen LogP contribution in [0.2, 0.25) is 0 Å². The van der Waals surface area contributed by atoms with E-state index in [0.717, 1.165) is 25.8 Å². The minimum Gasteiger partial charge on any atom is -0.353 e. The van der Waals surface area contributed by atoms with Crippen LogP contribution in [-0.2, 0) is 17.8 Å². The monoisotopic (exact) mass is 360 g/mol. The number of aryl methyl sites for hydroxylation is 1. The summed E-state index contributed by atoms with van der Waals surface area (Å²) in [4.78, 5) is 12.4. The van der Waals surface area contributed by atoms with Crippen LogP contribution >= 0.6 is 0 Å². The third kappa shape index (κ3) is 4.41. The van der Waals surface area contributed by atoms with Gasteiger partial charge in [0.2, 0.25) is 5.91 Å². The van der Waals surface area contributed by atoms with Gasteiger partial charge < -0.3 is 9.88 Å². The summed E-state index contributed by atoms with van der Waals surface area (Å²) >= 11 is 0. The minimum atomic E-state index is 0.196. The molecule has 1 fully saturated rings. The second kappa shape index (κ2) is 8.43. The number of rotatable bonds is 6. The lowest BCUT2D eigenvalue weighted by Crippen LogP contribution is -2.36. The predicted octanol–water partition coefficient (Wildman–Crippen LogP) is 5.07. The zero-order valence-corrected chi connectivity index (χ0v) is 15.9. The van der Waals surface area contributed by atoms with Gasteiger partial charge in [0.15, 0.2) is 0 Å². The van der Waals surface area contributed by atoms with Crippen molar-refractivity contribution in [1.29, 1.82) is 0 Å². The maximum Gasteiger partial charge on any atom is 0.220 e. The Kier molecular flexibility index (Phi) is 5.57. The van der Waals surface area contributed by atoms with Crippen LogP contribution in [-0.4, -0.2) is 16.5 Å². The van der Waals surface area contributed by atoms with Gasteiger partial charge >= 0.3 is 0 Å². The fourth-order valence-corrected chi connectivity index (χ4v) is 4.23. The molecule has 27 heavy (non-hydrogen) atoms. The molecule has 1 aliphatic rings. The highest BCUT2D eigenvalue weighted by molar-refractivity contribution is 5.85. The van der Waals surface area contributed by atoms with Crippen molar-refractivity contribution in [2.45, 2.75) is 57.5 Å². The fourth-order valence-electron chi connectivity index (χ4n) is 4.23. The van der Waals surface area contributed by atoms with Crippen LogP contribution in [0.25, 0.3) is 10.9 Å². The van der Waals surface area contributed by atoms with Gasteiger partial charge in [-0.15, -0.1) is 0 Å². The van der Waals surface area contributed by atoms with Crippen molar-refractivity contribution in [3.8, 4) is 0 Å². The third-order valence-electron chi connectivity index (χ3n) is 5.66. The first-order valence-electron chi connectivity index (χ1n) is 10.2. The number of carbonyl (C=O) groups is 1. The lowest BCUT2D eigenvalue weighted by Gasteiger charge is -2.22. The Balaban J connectivity index is 1.46. The molecule has 1 aliphatic carbocycles. The van der Waals surface area contributed by atoms with Crippen LogP contribution in [0.4, 0.5) is 0 Å². The molecule has 3 aromatic rings. The van der Waals surface area contributed by atoms with Gasteiger partial charge in [0.1, 0.15) is 0 Å². The van der Waals surface area contributed by atoms with Gasteiger partial charge in [-0.2, -0.15) is 0 Å². The number of para-hydroxylation sites is 1. The van der Waals surface area contributed by atoms with E-state index >= 15 is 0 Å². The summed E-state index contributed by atoms with van der Waals surface area (Å²) in [6.45, 7) is 0.857. The first-order valence-corrected chi connectivity index (χ1v) is 10.2. The molecule has 1 saturated carbocycles. The van der Waals surface area contributed by atoms with Gasteiger partial charge in [-0.1, -0.05) is 67.8 Å². The standard InChI is InChI=1S/C24H28N2O/c27-24(25-21-11-5-2-6-12-21)16-15-20-18-26(17-19-9-3-1-4-10-19)23-14-8-7-13-22(20)23/h1,3-4,7-10,13-14,18,21H,2,5-6,11-12,15-17H2,(H,25,27). The molecule has 3 nitrogen and oxygen atoms in total. The summed E-state index contributed by atoms with van der Waals surface area (Å²) in [7, 11) is 0. The number of hydrogen-bond donors (Lipinski definition) is 1. The quantitative estimate of drug-likeness (QED) is 0.654. The molecular weight excluding hydrogens is 332 g/mol. The third-order valence-corrected chi connectivity index (χ3v) is 5.66. The van der Waals surface area contributed by atoms with Crippen molar-refractivity contribution in [2.75, 3.05) is 0 Å². The SMILES string of the molecule is O=C(CCc1cn(Cc2ccccc2)c2ccccc12)NC1CCCCC1. The molecule has 0 atom stereocenters. The highest BCUT2D eigenvalue weighted by Gasteiger charge is 2.16. The molecular formula is C24H28N2O. The maximum atomic E-state index is 12.4. The number of nitrogens with zero attached hydrogens (tertiary/aromatic N) is 1. The molecule has 1 amide bonds. The Labute approximate surface area is 161 Å².